The minimum Gasteiger partial charge on any atom is -0.508 e. The van der Waals surface area contributed by atoms with Gasteiger partial charge in [0.1, 0.15) is 11.3 Å². The Morgan fingerprint density at radius 2 is 1.79 bits per heavy atom. The number of aryl methyl sites for hydroxylation is 2. The fraction of sp³-hybridized carbons (Fsp3) is 0.136. The molecule has 0 bridgehead atoms. The number of pyridine rings is 1. The summed E-state index contributed by atoms with van der Waals surface area (Å²) >= 11 is 0. The number of imidazole rings is 1. The summed E-state index contributed by atoms with van der Waals surface area (Å²) in [6, 6.07) is 20.2. The molecule has 28 heavy (non-hydrogen) atoms. The molecular weight excluding hydrogens is 352 g/mol. The number of aromatic nitrogens is 3. The van der Waals surface area contributed by atoms with Crippen molar-refractivity contribution < 1.29 is 9.90 Å². The van der Waals surface area contributed by atoms with Crippen molar-refractivity contribution in [2.75, 3.05) is 0 Å². The van der Waals surface area contributed by atoms with Gasteiger partial charge < -0.3 is 15.0 Å². The summed E-state index contributed by atoms with van der Waals surface area (Å²) in [7, 11) is 0. The fourth-order valence-electron chi connectivity index (χ4n) is 3.02. The van der Waals surface area contributed by atoms with Gasteiger partial charge in [-0.3, -0.25) is 4.79 Å². The quantitative estimate of drug-likeness (QED) is 0.544. The summed E-state index contributed by atoms with van der Waals surface area (Å²) in [6.07, 6.45) is 2.70. The molecule has 2 heterocycles. The van der Waals surface area contributed by atoms with Crippen LogP contribution in [0, 0.1) is 0 Å². The second-order valence-electron chi connectivity index (χ2n) is 6.55. The van der Waals surface area contributed by atoms with Crippen LogP contribution < -0.4 is 5.32 Å². The number of hydrogen-bond acceptors (Lipinski definition) is 4. The molecule has 2 aromatic heterocycles. The van der Waals surface area contributed by atoms with Crippen molar-refractivity contribution in [2.45, 2.75) is 19.5 Å². The van der Waals surface area contributed by atoms with Gasteiger partial charge in [-0.15, -0.1) is 0 Å². The second-order valence-corrected chi connectivity index (χ2v) is 6.55. The highest BCUT2D eigenvalue weighted by Gasteiger charge is 2.09. The monoisotopic (exact) mass is 372 g/mol. The Balaban J connectivity index is 1.44. The van der Waals surface area contributed by atoms with Gasteiger partial charge in [-0.2, -0.15) is 0 Å². The predicted molar refractivity (Wildman–Crippen MR) is 107 cm³/mol. The van der Waals surface area contributed by atoms with Gasteiger partial charge in [0.25, 0.3) is 5.91 Å². The molecule has 1 amide bonds. The van der Waals surface area contributed by atoms with Crippen LogP contribution in [-0.4, -0.2) is 25.5 Å². The molecule has 0 aliphatic rings. The Labute approximate surface area is 162 Å². The maximum absolute atomic E-state index is 12.2. The summed E-state index contributed by atoms with van der Waals surface area (Å²) < 4.78 is 2.04. The van der Waals surface area contributed by atoms with E-state index in [1.165, 1.54) is 17.7 Å². The number of benzene rings is 2. The van der Waals surface area contributed by atoms with Gasteiger partial charge in [-0.25, -0.2) is 9.97 Å². The molecule has 0 fully saturated rings. The van der Waals surface area contributed by atoms with E-state index in [1.54, 1.807) is 18.5 Å². The van der Waals surface area contributed by atoms with E-state index in [2.05, 4.69) is 27.4 Å². The van der Waals surface area contributed by atoms with Crippen molar-refractivity contribution in [3.8, 4) is 5.75 Å². The van der Waals surface area contributed by atoms with Gasteiger partial charge in [0, 0.05) is 12.1 Å². The Morgan fingerprint density at radius 3 is 2.57 bits per heavy atom. The number of amides is 1. The van der Waals surface area contributed by atoms with Gasteiger partial charge in [0.2, 0.25) is 0 Å². The van der Waals surface area contributed by atoms with E-state index in [9.17, 15) is 9.90 Å². The van der Waals surface area contributed by atoms with E-state index >= 15 is 0 Å². The summed E-state index contributed by atoms with van der Waals surface area (Å²) in [5, 5.41) is 12.2. The third kappa shape index (κ3) is 4.01. The van der Waals surface area contributed by atoms with Crippen molar-refractivity contribution in [3.63, 3.8) is 0 Å². The molecular formula is C22H20N4O2. The zero-order valence-electron chi connectivity index (χ0n) is 15.2. The van der Waals surface area contributed by atoms with Crippen LogP contribution in [0.2, 0.25) is 0 Å². The summed E-state index contributed by atoms with van der Waals surface area (Å²) in [4.78, 5) is 21.3. The molecule has 4 rings (SSSR count). The molecule has 0 atom stereocenters. The number of nitrogens with one attached hydrogen (secondary N) is 1. The Kier molecular flexibility index (Phi) is 5.01. The minimum absolute atomic E-state index is 0.132. The molecule has 140 valence electrons. The highest BCUT2D eigenvalue weighted by atomic mass is 16.3. The molecule has 0 aliphatic heterocycles. The van der Waals surface area contributed by atoms with Crippen LogP contribution in [0.5, 0.6) is 5.75 Å². The first-order valence-corrected chi connectivity index (χ1v) is 9.11. The number of phenols is 1. The van der Waals surface area contributed by atoms with E-state index in [1.807, 2.05) is 34.9 Å². The van der Waals surface area contributed by atoms with E-state index < -0.39 is 0 Å². The molecule has 0 unspecified atom stereocenters. The molecule has 4 aromatic rings. The van der Waals surface area contributed by atoms with Crippen molar-refractivity contribution in [1.82, 2.24) is 19.9 Å². The summed E-state index contributed by atoms with van der Waals surface area (Å²) in [6.45, 7) is 1.11. The van der Waals surface area contributed by atoms with Crippen LogP contribution in [0.4, 0.5) is 0 Å². The maximum Gasteiger partial charge on any atom is 0.251 e. The third-order valence-electron chi connectivity index (χ3n) is 4.56. The molecule has 0 spiro atoms. The molecule has 0 aliphatic carbocycles. The zero-order valence-corrected chi connectivity index (χ0v) is 15.2. The lowest BCUT2D eigenvalue weighted by atomic mass is 10.1. The lowest BCUT2D eigenvalue weighted by Crippen LogP contribution is -2.23. The molecule has 6 nitrogen and oxygen atoms in total. The molecule has 0 saturated heterocycles. The van der Waals surface area contributed by atoms with Gasteiger partial charge in [0.05, 0.1) is 18.6 Å². The van der Waals surface area contributed by atoms with Crippen LogP contribution in [0.1, 0.15) is 21.6 Å². The van der Waals surface area contributed by atoms with Gasteiger partial charge in [0.15, 0.2) is 5.65 Å². The first-order valence-electron chi connectivity index (χ1n) is 9.11. The van der Waals surface area contributed by atoms with E-state index in [0.717, 1.165) is 29.8 Å². The van der Waals surface area contributed by atoms with Crippen molar-refractivity contribution in [2.24, 2.45) is 0 Å². The van der Waals surface area contributed by atoms with Crippen LogP contribution in [0.25, 0.3) is 11.2 Å². The number of carbonyl (C=O) groups is 1. The molecule has 2 aromatic carbocycles. The summed E-state index contributed by atoms with van der Waals surface area (Å²) in [5.41, 5.74) is 4.17. The van der Waals surface area contributed by atoms with Gasteiger partial charge in [-0.05, 0) is 48.4 Å². The first-order chi connectivity index (χ1) is 13.7. The predicted octanol–water partition coefficient (Wildman–Crippen LogP) is 3.31. The lowest BCUT2D eigenvalue weighted by molar-refractivity contribution is 0.0950. The van der Waals surface area contributed by atoms with Crippen LogP contribution in [0.15, 0.2) is 73.1 Å². The standard InChI is InChI=1S/C22H20N4O2/c27-19-9-6-17(7-10-19)22(28)23-14-18-8-11-20-21(25-18)26(15-24-20)13-12-16-4-2-1-3-5-16/h1-11,15,27H,12-14H2,(H,23,28). The minimum atomic E-state index is -0.209. The van der Waals surface area contributed by atoms with Crippen molar-refractivity contribution in [1.29, 1.82) is 0 Å². The average Bonchev–Trinajstić information content (AvgIpc) is 3.14. The van der Waals surface area contributed by atoms with E-state index in [-0.39, 0.29) is 11.7 Å². The highest BCUT2D eigenvalue weighted by Crippen LogP contribution is 2.13. The summed E-state index contributed by atoms with van der Waals surface area (Å²) in [5.74, 6) is -0.0769. The molecule has 0 saturated carbocycles. The topological polar surface area (TPSA) is 80.0 Å². The smallest absolute Gasteiger partial charge is 0.251 e. The van der Waals surface area contributed by atoms with Crippen molar-refractivity contribution in [3.05, 3.63) is 89.9 Å². The maximum atomic E-state index is 12.2. The Bertz CT molecular complexity index is 1090. The Morgan fingerprint density at radius 1 is 1.00 bits per heavy atom. The number of rotatable bonds is 6. The Hall–Kier alpha value is -3.67. The number of fused-ring (bicyclic) bond motifs is 1. The third-order valence-corrected chi connectivity index (χ3v) is 4.56. The van der Waals surface area contributed by atoms with Crippen molar-refractivity contribution >= 4 is 17.1 Å². The number of phenolic OH excluding ortho intramolecular Hbond substituents is 1. The number of hydrogen-bond donors (Lipinski definition) is 2. The normalized spacial score (nSPS) is 10.9. The SMILES string of the molecule is O=C(NCc1ccc2ncn(CCc3ccccc3)c2n1)c1ccc(O)cc1. The zero-order chi connectivity index (χ0) is 19.3. The van der Waals surface area contributed by atoms with Gasteiger partial charge in [-0.1, -0.05) is 30.3 Å². The number of carbonyl (C=O) groups excluding carboxylic acids is 1. The number of nitrogens with zero attached hydrogens (tertiary/aromatic N) is 3. The van der Waals surface area contributed by atoms with Gasteiger partial charge >= 0.3 is 0 Å². The second kappa shape index (κ2) is 7.92. The molecule has 0 radical (unpaired) electrons. The molecule has 2 N–H and O–H groups in total. The highest BCUT2D eigenvalue weighted by molar-refractivity contribution is 5.94. The fourth-order valence-corrected chi connectivity index (χ4v) is 3.02. The first kappa shape index (κ1) is 17.7. The van der Waals surface area contributed by atoms with Crippen LogP contribution in [-0.2, 0) is 19.5 Å². The number of aromatic hydroxyl groups is 1. The largest absolute Gasteiger partial charge is 0.508 e. The van der Waals surface area contributed by atoms with Crippen LogP contribution in [0.3, 0.4) is 0 Å². The van der Waals surface area contributed by atoms with E-state index in [4.69, 9.17) is 0 Å². The van der Waals surface area contributed by atoms with Crippen LogP contribution >= 0.6 is 0 Å². The molecule has 6 heteroatoms. The average molecular weight is 372 g/mol. The van der Waals surface area contributed by atoms with E-state index in [0.29, 0.717) is 12.1 Å². The lowest BCUT2D eigenvalue weighted by Gasteiger charge is -2.07.